The summed E-state index contributed by atoms with van der Waals surface area (Å²) in [6.45, 7) is 6.42. The standard InChI is InChI=1S/C15H20N2O3/c1-9-11(3)20-15(17-9)8-16-10(2)12-5-6-13(18)14(7-12)19-4/h5-7,10,16,18H,8H2,1-4H3. The quantitative estimate of drug-likeness (QED) is 0.879. The van der Waals surface area contributed by atoms with Crippen LogP contribution in [0.4, 0.5) is 0 Å². The summed E-state index contributed by atoms with van der Waals surface area (Å²) in [7, 11) is 1.54. The van der Waals surface area contributed by atoms with Crippen LogP contribution in [0.25, 0.3) is 0 Å². The van der Waals surface area contributed by atoms with Gasteiger partial charge in [-0.25, -0.2) is 4.98 Å². The van der Waals surface area contributed by atoms with Crippen LogP contribution in [-0.2, 0) is 6.54 Å². The molecule has 0 radical (unpaired) electrons. The van der Waals surface area contributed by atoms with E-state index in [-0.39, 0.29) is 11.8 Å². The van der Waals surface area contributed by atoms with Gasteiger partial charge in [-0.2, -0.15) is 0 Å². The molecule has 2 N–H and O–H groups in total. The summed E-state index contributed by atoms with van der Waals surface area (Å²) in [5.41, 5.74) is 1.94. The Morgan fingerprint density at radius 1 is 1.40 bits per heavy atom. The smallest absolute Gasteiger partial charge is 0.208 e. The molecule has 2 aromatic rings. The number of hydrogen-bond acceptors (Lipinski definition) is 5. The van der Waals surface area contributed by atoms with Gasteiger partial charge in [0.25, 0.3) is 0 Å². The van der Waals surface area contributed by atoms with Gasteiger partial charge in [0.1, 0.15) is 5.76 Å². The van der Waals surface area contributed by atoms with Crippen LogP contribution in [0.3, 0.4) is 0 Å². The predicted molar refractivity (Wildman–Crippen MR) is 75.9 cm³/mol. The number of aromatic nitrogens is 1. The number of rotatable bonds is 5. The predicted octanol–water partition coefficient (Wildman–Crippen LogP) is 2.86. The first-order valence-electron chi connectivity index (χ1n) is 6.54. The molecule has 5 heteroatoms. The zero-order chi connectivity index (χ0) is 14.7. The normalized spacial score (nSPS) is 12.4. The van der Waals surface area contributed by atoms with Crippen LogP contribution in [0.1, 0.15) is 35.9 Å². The van der Waals surface area contributed by atoms with Crippen LogP contribution in [0.2, 0.25) is 0 Å². The molecule has 0 fully saturated rings. The van der Waals surface area contributed by atoms with Gasteiger partial charge in [-0.05, 0) is 38.5 Å². The maximum atomic E-state index is 9.59. The third-order valence-electron chi connectivity index (χ3n) is 3.34. The molecule has 5 nitrogen and oxygen atoms in total. The summed E-state index contributed by atoms with van der Waals surface area (Å²) >= 11 is 0. The topological polar surface area (TPSA) is 67.5 Å². The Kier molecular flexibility index (Phi) is 4.29. The molecule has 1 atom stereocenters. The molecule has 0 amide bonds. The van der Waals surface area contributed by atoms with Gasteiger partial charge in [0, 0.05) is 6.04 Å². The Bertz CT molecular complexity index is 573. The Balaban J connectivity index is 2.02. The van der Waals surface area contributed by atoms with E-state index < -0.39 is 0 Å². The van der Waals surface area contributed by atoms with Crippen LogP contribution < -0.4 is 10.1 Å². The molecule has 0 saturated heterocycles. The van der Waals surface area contributed by atoms with E-state index in [1.165, 1.54) is 7.11 Å². The van der Waals surface area contributed by atoms with Gasteiger partial charge in [0.15, 0.2) is 11.5 Å². The molecule has 0 spiro atoms. The van der Waals surface area contributed by atoms with E-state index in [2.05, 4.69) is 10.3 Å². The molecule has 0 bridgehead atoms. The number of nitrogens with one attached hydrogen (secondary N) is 1. The molecule has 20 heavy (non-hydrogen) atoms. The molecule has 0 aliphatic carbocycles. The Labute approximate surface area is 118 Å². The molecule has 0 aliphatic heterocycles. The molecule has 1 aromatic carbocycles. The minimum atomic E-state index is 0.0945. The number of aryl methyl sites for hydroxylation is 2. The minimum absolute atomic E-state index is 0.0945. The lowest BCUT2D eigenvalue weighted by atomic mass is 10.1. The third-order valence-corrected chi connectivity index (χ3v) is 3.34. The molecule has 0 aliphatic rings. The van der Waals surface area contributed by atoms with Crippen LogP contribution >= 0.6 is 0 Å². The van der Waals surface area contributed by atoms with E-state index in [1.54, 1.807) is 6.07 Å². The van der Waals surface area contributed by atoms with Gasteiger partial charge in [-0.3, -0.25) is 0 Å². The fourth-order valence-electron chi connectivity index (χ4n) is 1.94. The van der Waals surface area contributed by atoms with Crippen molar-refractivity contribution in [3.63, 3.8) is 0 Å². The van der Waals surface area contributed by atoms with Crippen molar-refractivity contribution in [2.24, 2.45) is 0 Å². The Morgan fingerprint density at radius 3 is 2.75 bits per heavy atom. The minimum Gasteiger partial charge on any atom is -0.504 e. The zero-order valence-electron chi connectivity index (χ0n) is 12.2. The average Bonchev–Trinajstić information content (AvgIpc) is 2.75. The van der Waals surface area contributed by atoms with Crippen molar-refractivity contribution in [3.8, 4) is 11.5 Å². The van der Waals surface area contributed by atoms with Crippen LogP contribution in [0.5, 0.6) is 11.5 Å². The van der Waals surface area contributed by atoms with Crippen molar-refractivity contribution in [1.29, 1.82) is 0 Å². The highest BCUT2D eigenvalue weighted by molar-refractivity contribution is 5.42. The number of phenolic OH excluding ortho intramolecular Hbond substituents is 1. The lowest BCUT2D eigenvalue weighted by Crippen LogP contribution is -2.18. The van der Waals surface area contributed by atoms with E-state index >= 15 is 0 Å². The van der Waals surface area contributed by atoms with E-state index in [0.29, 0.717) is 18.2 Å². The summed E-state index contributed by atoms with van der Waals surface area (Å²) in [6.07, 6.45) is 0. The van der Waals surface area contributed by atoms with Gasteiger partial charge in [-0.1, -0.05) is 6.07 Å². The van der Waals surface area contributed by atoms with Crippen LogP contribution in [-0.4, -0.2) is 17.2 Å². The molecule has 2 rings (SSSR count). The summed E-state index contributed by atoms with van der Waals surface area (Å²) in [6, 6.07) is 5.41. The molecule has 108 valence electrons. The average molecular weight is 276 g/mol. The maximum Gasteiger partial charge on any atom is 0.208 e. The van der Waals surface area contributed by atoms with E-state index in [9.17, 15) is 5.11 Å². The highest BCUT2D eigenvalue weighted by atomic mass is 16.5. The second-order valence-corrected chi connectivity index (χ2v) is 4.78. The lowest BCUT2D eigenvalue weighted by Gasteiger charge is -2.14. The first-order valence-corrected chi connectivity index (χ1v) is 6.54. The van der Waals surface area contributed by atoms with Gasteiger partial charge >= 0.3 is 0 Å². The van der Waals surface area contributed by atoms with Crippen molar-refractivity contribution in [2.75, 3.05) is 7.11 Å². The number of phenols is 1. The van der Waals surface area contributed by atoms with Gasteiger partial charge < -0.3 is 19.6 Å². The van der Waals surface area contributed by atoms with Crippen LogP contribution in [0.15, 0.2) is 22.6 Å². The molecular formula is C15H20N2O3. The number of oxazole rings is 1. The number of aromatic hydroxyl groups is 1. The summed E-state index contributed by atoms with van der Waals surface area (Å²) in [4.78, 5) is 4.33. The van der Waals surface area contributed by atoms with Gasteiger partial charge in [0.2, 0.25) is 5.89 Å². The highest BCUT2D eigenvalue weighted by Crippen LogP contribution is 2.28. The molecular weight excluding hydrogens is 256 g/mol. The number of ether oxygens (including phenoxy) is 1. The number of methoxy groups -OCH3 is 1. The van der Waals surface area contributed by atoms with Gasteiger partial charge in [0.05, 0.1) is 19.3 Å². The molecule has 1 aromatic heterocycles. The Morgan fingerprint density at radius 2 is 2.15 bits per heavy atom. The highest BCUT2D eigenvalue weighted by Gasteiger charge is 2.11. The SMILES string of the molecule is COc1cc(C(C)NCc2nc(C)c(C)o2)ccc1O. The van der Waals surface area contributed by atoms with Crippen molar-refractivity contribution in [2.45, 2.75) is 33.4 Å². The molecule has 1 heterocycles. The first-order chi connectivity index (χ1) is 9.51. The number of benzene rings is 1. The maximum absolute atomic E-state index is 9.59. The summed E-state index contributed by atoms with van der Waals surface area (Å²) in [5.74, 6) is 2.14. The van der Waals surface area contributed by atoms with Crippen molar-refractivity contribution >= 4 is 0 Å². The molecule has 0 saturated carbocycles. The fraction of sp³-hybridized carbons (Fsp3) is 0.400. The molecule has 1 unspecified atom stereocenters. The number of nitrogens with zero attached hydrogens (tertiary/aromatic N) is 1. The van der Waals surface area contributed by atoms with Crippen molar-refractivity contribution in [3.05, 3.63) is 41.1 Å². The largest absolute Gasteiger partial charge is 0.504 e. The monoisotopic (exact) mass is 276 g/mol. The third kappa shape index (κ3) is 3.11. The zero-order valence-corrected chi connectivity index (χ0v) is 12.2. The second-order valence-electron chi connectivity index (χ2n) is 4.78. The van der Waals surface area contributed by atoms with Crippen molar-refractivity contribution in [1.82, 2.24) is 10.3 Å². The second kappa shape index (κ2) is 5.96. The Hall–Kier alpha value is -2.01. The van der Waals surface area contributed by atoms with Crippen molar-refractivity contribution < 1.29 is 14.3 Å². The number of hydrogen-bond donors (Lipinski definition) is 2. The summed E-state index contributed by atoms with van der Waals surface area (Å²) < 4.78 is 10.6. The van der Waals surface area contributed by atoms with Gasteiger partial charge in [-0.15, -0.1) is 0 Å². The van der Waals surface area contributed by atoms with E-state index in [4.69, 9.17) is 9.15 Å². The van der Waals surface area contributed by atoms with E-state index in [1.807, 2.05) is 32.9 Å². The fourth-order valence-corrected chi connectivity index (χ4v) is 1.94. The first kappa shape index (κ1) is 14.4. The lowest BCUT2D eigenvalue weighted by molar-refractivity contribution is 0.371. The van der Waals surface area contributed by atoms with E-state index in [0.717, 1.165) is 17.0 Å². The summed E-state index contributed by atoms with van der Waals surface area (Å²) in [5, 5.41) is 12.9. The van der Waals surface area contributed by atoms with Crippen LogP contribution in [0, 0.1) is 13.8 Å².